The number of fused-ring (bicyclic) bond motifs is 1. The molecule has 2 aromatic rings. The molecule has 4 heteroatoms. The van der Waals surface area contributed by atoms with Gasteiger partial charge in [0.05, 0.1) is 6.10 Å². The van der Waals surface area contributed by atoms with E-state index in [9.17, 15) is 5.11 Å². The summed E-state index contributed by atoms with van der Waals surface area (Å²) in [5, 5.41) is 10.8. The van der Waals surface area contributed by atoms with E-state index in [1.165, 1.54) is 21.8 Å². The molecule has 3 N–H and O–H groups in total. The Morgan fingerprint density at radius 2 is 2.19 bits per heavy atom. The number of aliphatic hydroxyl groups excluding tert-OH is 1. The summed E-state index contributed by atoms with van der Waals surface area (Å²) in [6, 6.07) is 10.5. The van der Waals surface area contributed by atoms with Crippen LogP contribution in [0.2, 0.25) is 0 Å². The van der Waals surface area contributed by atoms with E-state index >= 15 is 0 Å². The molecule has 0 saturated carbocycles. The van der Waals surface area contributed by atoms with Crippen molar-refractivity contribution in [2.75, 3.05) is 12.3 Å². The van der Waals surface area contributed by atoms with Crippen molar-refractivity contribution < 1.29 is 5.11 Å². The normalized spacial score (nSPS) is 17.3. The summed E-state index contributed by atoms with van der Waals surface area (Å²) >= 11 is 3.74. The van der Waals surface area contributed by atoms with E-state index in [1.54, 1.807) is 11.3 Å². The van der Waals surface area contributed by atoms with Crippen molar-refractivity contribution >= 4 is 23.1 Å². The zero-order chi connectivity index (χ0) is 14.8. The molecular weight excluding hydrogens is 298 g/mol. The lowest BCUT2D eigenvalue weighted by Gasteiger charge is -2.21. The topological polar surface area (TPSA) is 46.2 Å². The maximum absolute atomic E-state index is 10.8. The Balaban J connectivity index is 1.88. The van der Waals surface area contributed by atoms with Gasteiger partial charge in [0.1, 0.15) is 0 Å². The summed E-state index contributed by atoms with van der Waals surface area (Å²) in [4.78, 5) is 2.52. The predicted molar refractivity (Wildman–Crippen MR) is 92.1 cm³/mol. The van der Waals surface area contributed by atoms with E-state index in [-0.39, 0.29) is 5.92 Å². The number of rotatable bonds is 4. The van der Waals surface area contributed by atoms with Crippen LogP contribution in [0.25, 0.3) is 0 Å². The van der Waals surface area contributed by atoms with E-state index in [4.69, 9.17) is 5.73 Å². The van der Waals surface area contributed by atoms with Crippen molar-refractivity contribution in [3.8, 4) is 0 Å². The second-order valence-corrected chi connectivity index (χ2v) is 7.87. The molecular formula is C17H21NOS2. The quantitative estimate of drug-likeness (QED) is 0.905. The fourth-order valence-electron chi connectivity index (χ4n) is 2.86. The smallest absolute Gasteiger partial charge is 0.0962 e. The van der Waals surface area contributed by atoms with E-state index in [0.717, 1.165) is 22.6 Å². The molecule has 0 amide bonds. The van der Waals surface area contributed by atoms with E-state index in [2.05, 4.69) is 31.2 Å². The largest absolute Gasteiger partial charge is 0.387 e. The van der Waals surface area contributed by atoms with Crippen LogP contribution in [0.15, 0.2) is 30.3 Å². The summed E-state index contributed by atoms with van der Waals surface area (Å²) in [5.74, 6) is 2.25. The van der Waals surface area contributed by atoms with Crippen molar-refractivity contribution in [2.45, 2.75) is 31.1 Å². The number of aryl methyl sites for hydroxylation is 2. The molecule has 0 radical (unpaired) electrons. The molecule has 0 saturated heterocycles. The molecule has 1 aliphatic rings. The van der Waals surface area contributed by atoms with Crippen LogP contribution in [0, 0.1) is 6.92 Å². The molecule has 1 aliphatic heterocycles. The van der Waals surface area contributed by atoms with Crippen LogP contribution in [0.5, 0.6) is 0 Å². The zero-order valence-corrected chi connectivity index (χ0v) is 13.8. The third-order valence-corrected chi connectivity index (χ3v) is 6.36. The molecule has 1 aromatic carbocycles. The minimum atomic E-state index is -0.502. The van der Waals surface area contributed by atoms with E-state index in [0.29, 0.717) is 6.54 Å². The van der Waals surface area contributed by atoms with Crippen LogP contribution in [-0.4, -0.2) is 17.4 Å². The van der Waals surface area contributed by atoms with Gasteiger partial charge in [-0.25, -0.2) is 0 Å². The SMILES string of the molecule is Cc1cccc(C(CN)C(O)c2cc3c(s2)CCSC3)c1. The van der Waals surface area contributed by atoms with Crippen molar-refractivity contribution in [3.63, 3.8) is 0 Å². The second kappa shape index (κ2) is 6.53. The molecule has 2 nitrogen and oxygen atoms in total. The average Bonchev–Trinajstić information content (AvgIpc) is 2.92. The van der Waals surface area contributed by atoms with Crippen LogP contribution in [0.3, 0.4) is 0 Å². The maximum Gasteiger partial charge on any atom is 0.0962 e. The highest BCUT2D eigenvalue weighted by Crippen LogP contribution is 2.39. The molecule has 2 heterocycles. The average molecular weight is 319 g/mol. The summed E-state index contributed by atoms with van der Waals surface area (Å²) in [6.45, 7) is 2.53. The molecule has 3 rings (SSSR count). The van der Waals surface area contributed by atoms with Gasteiger partial charge in [-0.3, -0.25) is 0 Å². The Bertz CT molecular complexity index is 600. The van der Waals surface area contributed by atoms with Gasteiger partial charge in [0.2, 0.25) is 0 Å². The molecule has 0 bridgehead atoms. The minimum Gasteiger partial charge on any atom is -0.387 e. The lowest BCUT2D eigenvalue weighted by Crippen LogP contribution is -2.19. The molecule has 112 valence electrons. The zero-order valence-electron chi connectivity index (χ0n) is 12.2. The van der Waals surface area contributed by atoms with Gasteiger partial charge in [0.15, 0.2) is 0 Å². The van der Waals surface area contributed by atoms with E-state index in [1.807, 2.05) is 17.8 Å². The fraction of sp³-hybridized carbons (Fsp3) is 0.412. The molecule has 1 aromatic heterocycles. The van der Waals surface area contributed by atoms with Gasteiger partial charge in [-0.15, -0.1) is 11.3 Å². The standard InChI is InChI=1S/C17H21NOS2/c1-11-3-2-4-12(7-11)14(9-18)17(19)16-8-13-10-20-6-5-15(13)21-16/h2-4,7-8,14,17,19H,5-6,9-10,18H2,1H3. The first-order valence-corrected chi connectivity index (χ1v) is 9.30. The molecule has 0 spiro atoms. The Morgan fingerprint density at radius 1 is 1.33 bits per heavy atom. The van der Waals surface area contributed by atoms with Crippen LogP contribution in [0.1, 0.15) is 38.5 Å². The van der Waals surface area contributed by atoms with Gasteiger partial charge in [0.25, 0.3) is 0 Å². The highest BCUT2D eigenvalue weighted by molar-refractivity contribution is 7.98. The third-order valence-electron chi connectivity index (χ3n) is 4.04. The second-order valence-electron chi connectivity index (χ2n) is 5.60. The van der Waals surface area contributed by atoms with E-state index < -0.39 is 6.10 Å². The fourth-order valence-corrected chi connectivity index (χ4v) is 5.29. The lowest BCUT2D eigenvalue weighted by molar-refractivity contribution is 0.151. The monoisotopic (exact) mass is 319 g/mol. The summed E-state index contributed by atoms with van der Waals surface area (Å²) in [7, 11) is 0. The van der Waals surface area contributed by atoms with Crippen molar-refractivity contribution in [1.29, 1.82) is 0 Å². The number of hydrogen-bond donors (Lipinski definition) is 2. The van der Waals surface area contributed by atoms with Crippen molar-refractivity contribution in [3.05, 3.63) is 56.8 Å². The van der Waals surface area contributed by atoms with Gasteiger partial charge in [-0.05, 0) is 36.3 Å². The van der Waals surface area contributed by atoms with Crippen LogP contribution < -0.4 is 5.73 Å². The summed E-state index contributed by atoms with van der Waals surface area (Å²) in [6.07, 6.45) is 0.632. The molecule has 21 heavy (non-hydrogen) atoms. The van der Waals surface area contributed by atoms with Crippen molar-refractivity contribution in [1.82, 2.24) is 0 Å². The Hall–Kier alpha value is -0.810. The van der Waals surface area contributed by atoms with Crippen molar-refractivity contribution in [2.24, 2.45) is 5.73 Å². The van der Waals surface area contributed by atoms with Gasteiger partial charge >= 0.3 is 0 Å². The first kappa shape index (κ1) is 15.1. The third kappa shape index (κ3) is 3.19. The highest BCUT2D eigenvalue weighted by atomic mass is 32.2. The Labute approximate surface area is 134 Å². The minimum absolute atomic E-state index is 0.0299. The Morgan fingerprint density at radius 3 is 2.90 bits per heavy atom. The number of benzene rings is 1. The number of hydrogen-bond acceptors (Lipinski definition) is 4. The van der Waals surface area contributed by atoms with Gasteiger partial charge in [-0.1, -0.05) is 29.8 Å². The van der Waals surface area contributed by atoms with Crippen LogP contribution in [0.4, 0.5) is 0 Å². The summed E-state index contributed by atoms with van der Waals surface area (Å²) in [5.41, 5.74) is 9.70. The maximum atomic E-state index is 10.8. The predicted octanol–water partition coefficient (Wildman–Crippen LogP) is 3.62. The van der Waals surface area contributed by atoms with Crippen LogP contribution >= 0.6 is 23.1 Å². The molecule has 2 atom stereocenters. The first-order chi connectivity index (χ1) is 10.2. The number of thioether (sulfide) groups is 1. The highest BCUT2D eigenvalue weighted by Gasteiger charge is 2.25. The van der Waals surface area contributed by atoms with Crippen LogP contribution in [-0.2, 0) is 12.2 Å². The lowest BCUT2D eigenvalue weighted by atomic mass is 9.91. The van der Waals surface area contributed by atoms with Gasteiger partial charge in [-0.2, -0.15) is 11.8 Å². The first-order valence-electron chi connectivity index (χ1n) is 7.33. The molecule has 0 fully saturated rings. The Kier molecular flexibility index (Phi) is 4.69. The summed E-state index contributed by atoms with van der Waals surface area (Å²) < 4.78 is 0. The molecule has 0 aliphatic carbocycles. The molecule has 2 unspecified atom stereocenters. The number of thiophene rings is 1. The van der Waals surface area contributed by atoms with Gasteiger partial charge in [0, 0.05) is 28.0 Å². The number of nitrogens with two attached hydrogens (primary N) is 1. The van der Waals surface area contributed by atoms with Gasteiger partial charge < -0.3 is 10.8 Å². The number of aliphatic hydroxyl groups is 1.